The van der Waals surface area contributed by atoms with Crippen LogP contribution in [0.1, 0.15) is 11.1 Å². The van der Waals surface area contributed by atoms with E-state index in [2.05, 4.69) is 26.8 Å². The minimum atomic E-state index is -1.11. The average Bonchev–Trinajstić information content (AvgIpc) is 2.62. The van der Waals surface area contributed by atoms with Crippen molar-refractivity contribution in [2.75, 3.05) is 10.6 Å². The Hall–Kier alpha value is -3.92. The summed E-state index contributed by atoms with van der Waals surface area (Å²) in [5, 5.41) is 9.54. The predicted octanol–water partition coefficient (Wildman–Crippen LogP) is 2.67. The van der Waals surface area contributed by atoms with E-state index in [0.29, 0.717) is 22.5 Å². The second kappa shape index (κ2) is 7.10. The third-order valence-electron chi connectivity index (χ3n) is 3.21. The number of anilines is 3. The van der Waals surface area contributed by atoms with Gasteiger partial charge in [-0.2, -0.15) is 0 Å². The molecule has 0 fully saturated rings. The van der Waals surface area contributed by atoms with Gasteiger partial charge in [0.15, 0.2) is 0 Å². The Morgan fingerprint density at radius 3 is 2.32 bits per heavy atom. The van der Waals surface area contributed by atoms with Crippen molar-refractivity contribution in [3.05, 3.63) is 72.3 Å². The van der Waals surface area contributed by atoms with Crippen LogP contribution in [0.15, 0.2) is 61.2 Å². The number of para-hydroxylation sites is 1. The van der Waals surface area contributed by atoms with Gasteiger partial charge in [0.2, 0.25) is 5.95 Å². The fourth-order valence-corrected chi connectivity index (χ4v) is 2.11. The molecule has 1 aromatic carbocycles. The van der Waals surface area contributed by atoms with E-state index in [-0.39, 0.29) is 5.95 Å². The number of carbonyl (C=O) groups is 1. The van der Waals surface area contributed by atoms with Crippen LogP contribution in [-0.2, 0) is 0 Å². The highest BCUT2D eigenvalue weighted by Crippen LogP contribution is 2.25. The smallest absolute Gasteiger partial charge is 0.416 e. The van der Waals surface area contributed by atoms with E-state index in [1.54, 1.807) is 36.5 Å². The molecule has 0 saturated heterocycles. The van der Waals surface area contributed by atoms with E-state index in [0.717, 1.165) is 4.90 Å². The number of aromatic nitrogens is 3. The van der Waals surface area contributed by atoms with Crippen molar-refractivity contribution in [3.8, 4) is 11.8 Å². The van der Waals surface area contributed by atoms with Gasteiger partial charge in [0.1, 0.15) is 0 Å². The van der Waals surface area contributed by atoms with Gasteiger partial charge in [-0.3, -0.25) is 4.98 Å². The molecular formula is C18H13N5O2. The molecule has 0 radical (unpaired) electrons. The first-order valence-corrected chi connectivity index (χ1v) is 7.26. The Morgan fingerprint density at radius 2 is 1.64 bits per heavy atom. The summed E-state index contributed by atoms with van der Waals surface area (Å²) in [5.74, 6) is 5.98. The molecule has 3 rings (SSSR count). The second-order valence-electron chi connectivity index (χ2n) is 4.97. The molecule has 7 nitrogen and oxygen atoms in total. The lowest BCUT2D eigenvalue weighted by Crippen LogP contribution is -2.23. The van der Waals surface area contributed by atoms with Crippen LogP contribution in [0.5, 0.6) is 0 Å². The van der Waals surface area contributed by atoms with Gasteiger partial charge < -0.3 is 10.8 Å². The number of amides is 1. The summed E-state index contributed by atoms with van der Waals surface area (Å²) in [4.78, 5) is 24.6. The third kappa shape index (κ3) is 3.89. The number of nitrogens with two attached hydrogens (primary N) is 1. The molecule has 0 aliphatic carbocycles. The number of hydrogen-bond donors (Lipinski definition) is 2. The summed E-state index contributed by atoms with van der Waals surface area (Å²) in [5.41, 5.74) is 7.51. The third-order valence-corrected chi connectivity index (χ3v) is 3.21. The Morgan fingerprint density at radius 1 is 0.960 bits per heavy atom. The molecule has 0 atom stereocenters. The number of carboxylic acid groups (broad SMARTS) is 1. The van der Waals surface area contributed by atoms with Crippen molar-refractivity contribution in [1.82, 2.24) is 15.0 Å². The quantitative estimate of drug-likeness (QED) is 0.699. The molecule has 0 bridgehead atoms. The minimum absolute atomic E-state index is 0.175. The molecule has 7 heteroatoms. The van der Waals surface area contributed by atoms with E-state index in [1.807, 2.05) is 6.07 Å². The van der Waals surface area contributed by atoms with Gasteiger partial charge in [0.05, 0.1) is 23.1 Å². The molecule has 0 saturated carbocycles. The van der Waals surface area contributed by atoms with Crippen LogP contribution in [0, 0.1) is 11.8 Å². The normalized spacial score (nSPS) is 9.76. The van der Waals surface area contributed by atoms with Crippen molar-refractivity contribution in [3.63, 3.8) is 0 Å². The maximum atomic E-state index is 11.7. The zero-order valence-electron chi connectivity index (χ0n) is 13.0. The zero-order chi connectivity index (χ0) is 17.6. The van der Waals surface area contributed by atoms with Crippen molar-refractivity contribution >= 4 is 23.4 Å². The predicted molar refractivity (Wildman–Crippen MR) is 93.3 cm³/mol. The van der Waals surface area contributed by atoms with Crippen LogP contribution in [0.3, 0.4) is 0 Å². The van der Waals surface area contributed by atoms with Gasteiger partial charge in [-0.25, -0.2) is 19.7 Å². The summed E-state index contributed by atoms with van der Waals surface area (Å²) in [6, 6.07) is 10.4. The van der Waals surface area contributed by atoms with Crippen molar-refractivity contribution in [2.24, 2.45) is 0 Å². The average molecular weight is 331 g/mol. The fraction of sp³-hybridized carbons (Fsp3) is 0. The number of nitrogens with zero attached hydrogens (tertiary/aromatic N) is 4. The standard InChI is InChI=1S/C18H13N5O2/c19-17-21-10-14(11-22-17)7-6-13-8-16(12-20-9-13)23(18(24)25)15-4-2-1-3-5-15/h1-5,8-12H,(H,24,25)(H2,19,21,22). The van der Waals surface area contributed by atoms with Gasteiger partial charge >= 0.3 is 6.09 Å². The molecule has 0 aliphatic rings. The van der Waals surface area contributed by atoms with Gasteiger partial charge in [-0.15, -0.1) is 0 Å². The highest BCUT2D eigenvalue weighted by molar-refractivity contribution is 5.94. The monoisotopic (exact) mass is 331 g/mol. The molecule has 3 aromatic rings. The molecule has 0 aliphatic heterocycles. The van der Waals surface area contributed by atoms with E-state index >= 15 is 0 Å². The minimum Gasteiger partial charge on any atom is -0.464 e. The number of pyridine rings is 1. The molecule has 1 amide bonds. The number of benzene rings is 1. The fourth-order valence-electron chi connectivity index (χ4n) is 2.11. The van der Waals surface area contributed by atoms with Crippen LogP contribution in [0.4, 0.5) is 22.1 Å². The summed E-state index contributed by atoms with van der Waals surface area (Å²) >= 11 is 0. The zero-order valence-corrected chi connectivity index (χ0v) is 13.0. The molecule has 2 heterocycles. The molecule has 0 spiro atoms. The van der Waals surface area contributed by atoms with Gasteiger partial charge in [0, 0.05) is 24.2 Å². The van der Waals surface area contributed by atoms with E-state index < -0.39 is 6.09 Å². The van der Waals surface area contributed by atoms with Gasteiger partial charge in [-0.1, -0.05) is 30.0 Å². The molecule has 0 unspecified atom stereocenters. The summed E-state index contributed by atoms with van der Waals surface area (Å²) in [6.07, 6.45) is 4.95. The molecule has 2 aromatic heterocycles. The second-order valence-corrected chi connectivity index (χ2v) is 4.97. The van der Waals surface area contributed by atoms with E-state index in [9.17, 15) is 9.90 Å². The SMILES string of the molecule is Nc1ncc(C#Cc2cncc(N(C(=O)O)c3ccccc3)c2)cn1. The molecule has 122 valence electrons. The Kier molecular flexibility index (Phi) is 4.53. The largest absolute Gasteiger partial charge is 0.464 e. The first-order chi connectivity index (χ1) is 12.1. The van der Waals surface area contributed by atoms with Gasteiger partial charge in [0.25, 0.3) is 0 Å². The summed E-state index contributed by atoms with van der Waals surface area (Å²) in [6.45, 7) is 0. The Bertz CT molecular complexity index is 946. The first-order valence-electron chi connectivity index (χ1n) is 7.26. The lowest BCUT2D eigenvalue weighted by molar-refractivity contribution is 0.205. The van der Waals surface area contributed by atoms with E-state index in [4.69, 9.17) is 5.73 Å². The number of hydrogen-bond acceptors (Lipinski definition) is 5. The topological polar surface area (TPSA) is 105 Å². The first kappa shape index (κ1) is 16.0. The Balaban J connectivity index is 1.93. The van der Waals surface area contributed by atoms with Crippen LogP contribution < -0.4 is 10.6 Å². The van der Waals surface area contributed by atoms with Crippen LogP contribution in [0.25, 0.3) is 0 Å². The van der Waals surface area contributed by atoms with E-state index in [1.165, 1.54) is 18.6 Å². The molecule has 3 N–H and O–H groups in total. The lowest BCUT2D eigenvalue weighted by Gasteiger charge is -2.19. The highest BCUT2D eigenvalue weighted by Gasteiger charge is 2.17. The Labute approximate surface area is 143 Å². The van der Waals surface area contributed by atoms with Crippen LogP contribution in [-0.4, -0.2) is 26.2 Å². The summed E-state index contributed by atoms with van der Waals surface area (Å²) < 4.78 is 0. The molecular weight excluding hydrogens is 318 g/mol. The lowest BCUT2D eigenvalue weighted by atomic mass is 10.2. The van der Waals surface area contributed by atoms with Crippen molar-refractivity contribution in [2.45, 2.75) is 0 Å². The van der Waals surface area contributed by atoms with Gasteiger partial charge in [-0.05, 0) is 18.2 Å². The number of rotatable bonds is 2. The maximum absolute atomic E-state index is 11.7. The van der Waals surface area contributed by atoms with Crippen molar-refractivity contribution < 1.29 is 9.90 Å². The number of nitrogen functional groups attached to an aromatic ring is 1. The van der Waals surface area contributed by atoms with Crippen molar-refractivity contribution in [1.29, 1.82) is 0 Å². The highest BCUT2D eigenvalue weighted by atomic mass is 16.4. The molecule has 25 heavy (non-hydrogen) atoms. The maximum Gasteiger partial charge on any atom is 0.416 e. The van der Waals surface area contributed by atoms with Crippen LogP contribution >= 0.6 is 0 Å². The summed E-state index contributed by atoms with van der Waals surface area (Å²) in [7, 11) is 0. The van der Waals surface area contributed by atoms with Crippen LogP contribution in [0.2, 0.25) is 0 Å².